The predicted octanol–water partition coefficient (Wildman–Crippen LogP) is 2.46. The first-order valence-corrected chi connectivity index (χ1v) is 7.08. The van der Waals surface area contributed by atoms with Crippen LogP contribution < -0.4 is 10.6 Å². The smallest absolute Gasteiger partial charge is 0.0612 e. The van der Waals surface area contributed by atoms with Gasteiger partial charge in [-0.3, -0.25) is 4.90 Å². The average Bonchev–Trinajstić information content (AvgIpc) is 2.40. The third-order valence-electron chi connectivity index (χ3n) is 3.32. The molecule has 0 aromatic heterocycles. The maximum atomic E-state index is 6.05. The zero-order valence-electron chi connectivity index (χ0n) is 10.4. The largest absolute Gasteiger partial charge is 0.369 e. The van der Waals surface area contributed by atoms with E-state index in [0.29, 0.717) is 10.0 Å². The van der Waals surface area contributed by atoms with Gasteiger partial charge in [0.2, 0.25) is 0 Å². The number of rotatable bonds is 4. The van der Waals surface area contributed by atoms with E-state index >= 15 is 0 Å². The molecule has 0 saturated carbocycles. The number of halogens is 2. The van der Waals surface area contributed by atoms with Crippen LogP contribution in [0.4, 0.5) is 5.69 Å². The topological polar surface area (TPSA) is 32.5 Å². The Labute approximate surface area is 118 Å². The van der Waals surface area contributed by atoms with Crippen LogP contribution in [0.2, 0.25) is 10.0 Å². The van der Waals surface area contributed by atoms with Crippen LogP contribution in [-0.4, -0.2) is 44.2 Å². The predicted molar refractivity (Wildman–Crippen MR) is 78.8 cm³/mol. The van der Waals surface area contributed by atoms with Gasteiger partial charge < -0.3 is 10.6 Å². The number of nitrogens with zero attached hydrogens (tertiary/aromatic N) is 2. The molecule has 1 saturated heterocycles. The highest BCUT2D eigenvalue weighted by molar-refractivity contribution is 6.42. The first-order chi connectivity index (χ1) is 8.70. The lowest BCUT2D eigenvalue weighted by Gasteiger charge is -2.36. The maximum Gasteiger partial charge on any atom is 0.0612 e. The second kappa shape index (κ2) is 6.62. The Morgan fingerprint density at radius 1 is 1.06 bits per heavy atom. The van der Waals surface area contributed by atoms with E-state index in [0.717, 1.165) is 51.4 Å². The molecule has 0 atom stereocenters. The zero-order valence-corrected chi connectivity index (χ0v) is 11.9. The van der Waals surface area contributed by atoms with Gasteiger partial charge in [0, 0.05) is 31.9 Å². The van der Waals surface area contributed by atoms with Gasteiger partial charge in [0.05, 0.1) is 10.0 Å². The summed E-state index contributed by atoms with van der Waals surface area (Å²) in [6, 6.07) is 5.84. The van der Waals surface area contributed by atoms with Crippen LogP contribution in [0.5, 0.6) is 0 Å². The molecule has 0 aliphatic carbocycles. The molecule has 100 valence electrons. The summed E-state index contributed by atoms with van der Waals surface area (Å²) in [4.78, 5) is 4.81. The molecule has 1 fully saturated rings. The van der Waals surface area contributed by atoms with Gasteiger partial charge in [-0.25, -0.2) is 0 Å². The summed E-state index contributed by atoms with van der Waals surface area (Å²) in [5, 5.41) is 1.24. The Hall–Kier alpha value is -0.480. The third-order valence-corrected chi connectivity index (χ3v) is 4.06. The zero-order chi connectivity index (χ0) is 13.0. The van der Waals surface area contributed by atoms with Crippen LogP contribution in [0.1, 0.15) is 6.42 Å². The van der Waals surface area contributed by atoms with Crippen molar-refractivity contribution in [3.8, 4) is 0 Å². The molecule has 1 aromatic rings. The summed E-state index contributed by atoms with van der Waals surface area (Å²) in [5.74, 6) is 0. The van der Waals surface area contributed by atoms with Crippen molar-refractivity contribution in [1.29, 1.82) is 0 Å². The van der Waals surface area contributed by atoms with E-state index in [2.05, 4.69) is 9.80 Å². The molecule has 18 heavy (non-hydrogen) atoms. The fraction of sp³-hybridized carbons (Fsp3) is 0.538. The van der Waals surface area contributed by atoms with Gasteiger partial charge in [-0.1, -0.05) is 23.2 Å². The molecule has 0 spiro atoms. The Bertz CT molecular complexity index is 390. The van der Waals surface area contributed by atoms with Crippen molar-refractivity contribution in [2.45, 2.75) is 6.42 Å². The van der Waals surface area contributed by atoms with Crippen LogP contribution in [0, 0.1) is 0 Å². The third kappa shape index (κ3) is 3.51. The molecule has 2 rings (SSSR count). The van der Waals surface area contributed by atoms with Crippen LogP contribution in [-0.2, 0) is 0 Å². The highest BCUT2D eigenvalue weighted by Gasteiger charge is 2.17. The quantitative estimate of drug-likeness (QED) is 0.923. The molecule has 1 heterocycles. The minimum absolute atomic E-state index is 0.613. The standard InChI is InChI=1S/C13H19Cl2N3/c14-12-3-2-11(10-13(12)15)18-8-6-17(7-9-18)5-1-4-16/h2-3,10H,1,4-9,16H2. The Kier molecular flexibility index (Phi) is 5.13. The van der Waals surface area contributed by atoms with E-state index in [1.54, 1.807) is 0 Å². The van der Waals surface area contributed by atoms with E-state index in [1.807, 2.05) is 18.2 Å². The first kappa shape index (κ1) is 13.9. The fourth-order valence-corrected chi connectivity index (χ4v) is 2.52. The summed E-state index contributed by atoms with van der Waals surface area (Å²) in [6.45, 7) is 6.10. The minimum atomic E-state index is 0.613. The fourth-order valence-electron chi connectivity index (χ4n) is 2.23. The van der Waals surface area contributed by atoms with Crippen molar-refractivity contribution in [3.05, 3.63) is 28.2 Å². The number of hydrogen-bond acceptors (Lipinski definition) is 3. The molecule has 1 aliphatic heterocycles. The van der Waals surface area contributed by atoms with Gasteiger partial charge in [-0.05, 0) is 37.7 Å². The monoisotopic (exact) mass is 287 g/mol. The normalized spacial score (nSPS) is 17.2. The van der Waals surface area contributed by atoms with Crippen LogP contribution >= 0.6 is 23.2 Å². The molecule has 0 bridgehead atoms. The number of piperazine rings is 1. The van der Waals surface area contributed by atoms with Gasteiger partial charge in [0.15, 0.2) is 0 Å². The second-order valence-electron chi connectivity index (χ2n) is 4.57. The Balaban J connectivity index is 1.90. The van der Waals surface area contributed by atoms with Gasteiger partial charge in [-0.15, -0.1) is 0 Å². The SMILES string of the molecule is NCCCN1CCN(c2ccc(Cl)c(Cl)c2)CC1. The molecular formula is C13H19Cl2N3. The maximum absolute atomic E-state index is 6.05. The summed E-state index contributed by atoms with van der Waals surface area (Å²) in [5.41, 5.74) is 6.69. The summed E-state index contributed by atoms with van der Waals surface area (Å²) >= 11 is 12.0. The van der Waals surface area contributed by atoms with Gasteiger partial charge in [0.25, 0.3) is 0 Å². The van der Waals surface area contributed by atoms with Crippen molar-refractivity contribution < 1.29 is 0 Å². The van der Waals surface area contributed by atoms with E-state index < -0.39 is 0 Å². The highest BCUT2D eigenvalue weighted by atomic mass is 35.5. The molecule has 3 nitrogen and oxygen atoms in total. The molecular weight excluding hydrogens is 269 g/mol. The number of hydrogen-bond donors (Lipinski definition) is 1. The molecule has 1 aliphatic rings. The molecule has 0 radical (unpaired) electrons. The summed E-state index contributed by atoms with van der Waals surface area (Å²) in [6.07, 6.45) is 1.08. The molecule has 0 amide bonds. The lowest BCUT2D eigenvalue weighted by Crippen LogP contribution is -2.46. The van der Waals surface area contributed by atoms with Crippen molar-refractivity contribution in [1.82, 2.24) is 4.90 Å². The van der Waals surface area contributed by atoms with E-state index in [9.17, 15) is 0 Å². The van der Waals surface area contributed by atoms with E-state index in [-0.39, 0.29) is 0 Å². The first-order valence-electron chi connectivity index (χ1n) is 6.33. The van der Waals surface area contributed by atoms with Gasteiger partial charge in [0.1, 0.15) is 0 Å². The second-order valence-corrected chi connectivity index (χ2v) is 5.38. The van der Waals surface area contributed by atoms with E-state index in [1.165, 1.54) is 0 Å². The molecule has 1 aromatic carbocycles. The number of anilines is 1. The van der Waals surface area contributed by atoms with Crippen molar-refractivity contribution in [3.63, 3.8) is 0 Å². The number of benzene rings is 1. The van der Waals surface area contributed by atoms with Crippen LogP contribution in [0.25, 0.3) is 0 Å². The van der Waals surface area contributed by atoms with Crippen LogP contribution in [0.15, 0.2) is 18.2 Å². The summed E-state index contributed by atoms with van der Waals surface area (Å²) in [7, 11) is 0. The Morgan fingerprint density at radius 3 is 2.39 bits per heavy atom. The van der Waals surface area contributed by atoms with Crippen LogP contribution in [0.3, 0.4) is 0 Å². The van der Waals surface area contributed by atoms with E-state index in [4.69, 9.17) is 28.9 Å². The lowest BCUT2D eigenvalue weighted by molar-refractivity contribution is 0.256. The average molecular weight is 288 g/mol. The molecule has 5 heteroatoms. The number of nitrogens with two attached hydrogens (primary N) is 1. The minimum Gasteiger partial charge on any atom is -0.369 e. The van der Waals surface area contributed by atoms with Crippen molar-refractivity contribution >= 4 is 28.9 Å². The van der Waals surface area contributed by atoms with Gasteiger partial charge >= 0.3 is 0 Å². The molecule has 2 N–H and O–H groups in total. The molecule has 0 unspecified atom stereocenters. The van der Waals surface area contributed by atoms with Crippen molar-refractivity contribution in [2.24, 2.45) is 5.73 Å². The van der Waals surface area contributed by atoms with Crippen molar-refractivity contribution in [2.75, 3.05) is 44.2 Å². The Morgan fingerprint density at radius 2 is 1.78 bits per heavy atom. The van der Waals surface area contributed by atoms with Gasteiger partial charge in [-0.2, -0.15) is 0 Å². The highest BCUT2D eigenvalue weighted by Crippen LogP contribution is 2.27. The summed E-state index contributed by atoms with van der Waals surface area (Å²) < 4.78 is 0. The lowest BCUT2D eigenvalue weighted by atomic mass is 10.2.